The van der Waals surface area contributed by atoms with E-state index in [0.29, 0.717) is 19.0 Å². The van der Waals surface area contributed by atoms with Gasteiger partial charge in [-0.1, -0.05) is 23.7 Å². The molecule has 2 fully saturated rings. The first-order valence-electron chi connectivity index (χ1n) is 11.4. The number of hydrogen-bond donors (Lipinski definition) is 1. The molecule has 0 bridgehead atoms. The van der Waals surface area contributed by atoms with Crippen molar-refractivity contribution < 1.29 is 24.2 Å². The Morgan fingerprint density at radius 2 is 1.94 bits per heavy atom. The number of rotatable bonds is 7. The Morgan fingerprint density at radius 1 is 1.21 bits per heavy atom. The van der Waals surface area contributed by atoms with Crippen LogP contribution in [0.5, 0.6) is 5.75 Å². The molecule has 0 radical (unpaired) electrons. The second-order valence-corrected chi connectivity index (χ2v) is 9.05. The van der Waals surface area contributed by atoms with Crippen molar-refractivity contribution in [3.8, 4) is 5.75 Å². The number of ketones is 1. The van der Waals surface area contributed by atoms with Crippen molar-refractivity contribution in [2.75, 3.05) is 38.8 Å². The lowest BCUT2D eigenvalue weighted by atomic mass is 9.94. The maximum absolute atomic E-state index is 13.3. The molecule has 0 aromatic heterocycles. The van der Waals surface area contributed by atoms with E-state index in [1.54, 1.807) is 18.2 Å². The monoisotopic (exact) mass is 484 g/mol. The van der Waals surface area contributed by atoms with Crippen molar-refractivity contribution in [2.24, 2.45) is 0 Å². The van der Waals surface area contributed by atoms with E-state index in [1.807, 2.05) is 50.2 Å². The summed E-state index contributed by atoms with van der Waals surface area (Å²) in [4.78, 5) is 29.9. The topological polar surface area (TPSA) is 79.3 Å². The number of aliphatic hydroxyl groups excluding tert-OH is 1. The SMILES string of the molecule is CCOc1ccc(Cl)c(/C(O)=C2\C(=O)C(=O)N(CC3CCCO3)C2c2ccc(N(C)C)cc2)c1. The van der Waals surface area contributed by atoms with E-state index in [4.69, 9.17) is 21.1 Å². The molecule has 2 aromatic rings. The largest absolute Gasteiger partial charge is 0.507 e. The third-order valence-corrected chi connectivity index (χ3v) is 6.52. The fourth-order valence-electron chi connectivity index (χ4n) is 4.46. The first kappa shape index (κ1) is 24.1. The number of likely N-dealkylation sites (tertiary alicyclic amines) is 1. The molecule has 2 heterocycles. The predicted molar refractivity (Wildman–Crippen MR) is 131 cm³/mol. The Labute approximate surface area is 204 Å². The number of ether oxygens (including phenoxy) is 2. The molecule has 1 amide bonds. The predicted octanol–water partition coefficient (Wildman–Crippen LogP) is 4.41. The van der Waals surface area contributed by atoms with Gasteiger partial charge in [0.05, 0.1) is 29.3 Å². The number of carbonyl (C=O) groups excluding carboxylic acids is 2. The number of carbonyl (C=O) groups is 2. The molecule has 8 heteroatoms. The number of hydrogen-bond acceptors (Lipinski definition) is 6. The van der Waals surface area contributed by atoms with Gasteiger partial charge in [0.1, 0.15) is 11.5 Å². The van der Waals surface area contributed by atoms with Crippen LogP contribution in [0.2, 0.25) is 5.02 Å². The molecule has 2 atom stereocenters. The average Bonchev–Trinajstić information content (AvgIpc) is 3.42. The molecule has 2 unspecified atom stereocenters. The van der Waals surface area contributed by atoms with Crippen LogP contribution >= 0.6 is 11.6 Å². The molecule has 2 aliphatic heterocycles. The van der Waals surface area contributed by atoms with Gasteiger partial charge in [0, 0.05) is 38.5 Å². The molecule has 0 saturated carbocycles. The van der Waals surface area contributed by atoms with Gasteiger partial charge >= 0.3 is 0 Å². The normalized spacial score (nSPS) is 21.8. The molecule has 4 rings (SSSR count). The summed E-state index contributed by atoms with van der Waals surface area (Å²) in [6.45, 7) is 3.19. The van der Waals surface area contributed by atoms with Crippen LogP contribution in [-0.4, -0.2) is 61.7 Å². The Balaban J connectivity index is 1.84. The Morgan fingerprint density at radius 3 is 2.56 bits per heavy atom. The van der Waals surface area contributed by atoms with Crippen molar-refractivity contribution in [1.82, 2.24) is 4.90 Å². The van der Waals surface area contributed by atoms with Crippen molar-refractivity contribution in [3.05, 3.63) is 64.2 Å². The van der Waals surface area contributed by atoms with Crippen LogP contribution in [0.1, 0.15) is 36.9 Å². The van der Waals surface area contributed by atoms with Gasteiger partial charge in [-0.15, -0.1) is 0 Å². The zero-order valence-electron chi connectivity index (χ0n) is 19.6. The highest BCUT2D eigenvalue weighted by atomic mass is 35.5. The second-order valence-electron chi connectivity index (χ2n) is 8.65. The van der Waals surface area contributed by atoms with E-state index >= 15 is 0 Å². The summed E-state index contributed by atoms with van der Waals surface area (Å²) in [6, 6.07) is 11.7. The van der Waals surface area contributed by atoms with Crippen LogP contribution in [0.25, 0.3) is 5.76 Å². The van der Waals surface area contributed by atoms with E-state index in [0.717, 1.165) is 24.1 Å². The van der Waals surface area contributed by atoms with Crippen molar-refractivity contribution in [1.29, 1.82) is 0 Å². The number of aliphatic hydroxyl groups is 1. The molecule has 180 valence electrons. The summed E-state index contributed by atoms with van der Waals surface area (Å²) in [6.07, 6.45) is 1.58. The first-order chi connectivity index (χ1) is 16.3. The second kappa shape index (κ2) is 10.1. The van der Waals surface area contributed by atoms with Crippen LogP contribution in [0.3, 0.4) is 0 Å². The van der Waals surface area contributed by atoms with Crippen LogP contribution in [-0.2, 0) is 14.3 Å². The summed E-state index contributed by atoms with van der Waals surface area (Å²) in [5.74, 6) is -1.21. The summed E-state index contributed by atoms with van der Waals surface area (Å²) in [5, 5.41) is 11.6. The number of Topliss-reactive ketones (excluding diaryl/α,β-unsaturated/α-hetero) is 1. The number of benzene rings is 2. The highest BCUT2D eigenvalue weighted by Gasteiger charge is 2.47. The molecule has 1 N–H and O–H groups in total. The summed E-state index contributed by atoms with van der Waals surface area (Å²) >= 11 is 6.39. The molecule has 0 aliphatic carbocycles. The zero-order chi connectivity index (χ0) is 24.4. The van der Waals surface area contributed by atoms with Crippen LogP contribution in [0.15, 0.2) is 48.0 Å². The molecular weight excluding hydrogens is 456 g/mol. The fourth-order valence-corrected chi connectivity index (χ4v) is 4.67. The van der Waals surface area contributed by atoms with E-state index in [2.05, 4.69) is 0 Å². The lowest BCUT2D eigenvalue weighted by Crippen LogP contribution is -2.36. The van der Waals surface area contributed by atoms with Gasteiger partial charge in [-0.2, -0.15) is 0 Å². The Kier molecular flexibility index (Phi) is 7.14. The number of amides is 1. The van der Waals surface area contributed by atoms with Gasteiger partial charge in [-0.25, -0.2) is 0 Å². The van der Waals surface area contributed by atoms with Crippen LogP contribution in [0.4, 0.5) is 5.69 Å². The third kappa shape index (κ3) is 4.63. The fraction of sp³-hybridized carbons (Fsp3) is 0.385. The van der Waals surface area contributed by atoms with Crippen molar-refractivity contribution in [3.63, 3.8) is 0 Å². The lowest BCUT2D eigenvalue weighted by molar-refractivity contribution is -0.140. The van der Waals surface area contributed by atoms with Crippen LogP contribution < -0.4 is 9.64 Å². The summed E-state index contributed by atoms with van der Waals surface area (Å²) < 4.78 is 11.3. The van der Waals surface area contributed by atoms with Crippen molar-refractivity contribution >= 4 is 34.7 Å². The Bertz CT molecular complexity index is 1110. The standard InChI is InChI=1S/C26H29ClN2O5/c1-4-33-18-11-12-21(27)20(14-18)24(30)22-23(16-7-9-17(10-8-16)28(2)3)29(26(32)25(22)31)15-19-6-5-13-34-19/h7-12,14,19,23,30H,4-6,13,15H2,1-3H3/b24-22+. The Hall–Kier alpha value is -3.03. The van der Waals surface area contributed by atoms with Gasteiger partial charge in [-0.3, -0.25) is 9.59 Å². The number of nitrogens with zero attached hydrogens (tertiary/aromatic N) is 2. The third-order valence-electron chi connectivity index (χ3n) is 6.19. The molecular formula is C26H29ClN2O5. The minimum absolute atomic E-state index is 0.0103. The first-order valence-corrected chi connectivity index (χ1v) is 11.8. The summed E-state index contributed by atoms with van der Waals surface area (Å²) in [5.41, 5.74) is 1.96. The minimum Gasteiger partial charge on any atom is -0.507 e. The maximum Gasteiger partial charge on any atom is 0.295 e. The molecule has 0 spiro atoms. The van der Waals surface area contributed by atoms with E-state index in [-0.39, 0.29) is 34.6 Å². The van der Waals surface area contributed by atoms with E-state index in [1.165, 1.54) is 4.90 Å². The van der Waals surface area contributed by atoms with E-state index < -0.39 is 17.7 Å². The van der Waals surface area contributed by atoms with Gasteiger partial charge in [0.25, 0.3) is 11.7 Å². The molecule has 34 heavy (non-hydrogen) atoms. The highest BCUT2D eigenvalue weighted by molar-refractivity contribution is 6.47. The van der Waals surface area contributed by atoms with Gasteiger partial charge in [0.2, 0.25) is 0 Å². The van der Waals surface area contributed by atoms with Crippen LogP contribution in [0, 0.1) is 0 Å². The lowest BCUT2D eigenvalue weighted by Gasteiger charge is -2.28. The summed E-state index contributed by atoms with van der Waals surface area (Å²) in [7, 11) is 3.87. The smallest absolute Gasteiger partial charge is 0.295 e. The van der Waals surface area contributed by atoms with Gasteiger partial charge < -0.3 is 24.4 Å². The minimum atomic E-state index is -0.757. The highest BCUT2D eigenvalue weighted by Crippen LogP contribution is 2.42. The van der Waals surface area contributed by atoms with E-state index in [9.17, 15) is 14.7 Å². The number of anilines is 1. The molecule has 2 aromatic carbocycles. The zero-order valence-corrected chi connectivity index (χ0v) is 20.3. The number of halogens is 1. The maximum atomic E-state index is 13.3. The van der Waals surface area contributed by atoms with Gasteiger partial charge in [-0.05, 0) is 55.7 Å². The average molecular weight is 485 g/mol. The molecule has 2 aliphatic rings. The van der Waals surface area contributed by atoms with Crippen molar-refractivity contribution in [2.45, 2.75) is 31.9 Å². The quantitative estimate of drug-likeness (QED) is 0.356. The molecule has 7 nitrogen and oxygen atoms in total. The molecule has 2 saturated heterocycles. The van der Waals surface area contributed by atoms with Gasteiger partial charge in [0.15, 0.2) is 0 Å².